The van der Waals surface area contributed by atoms with E-state index in [9.17, 15) is 0 Å². The average molecular weight is 355 g/mol. The Bertz CT molecular complexity index is 724. The van der Waals surface area contributed by atoms with Crippen molar-refractivity contribution in [3.8, 4) is 17.2 Å². The van der Waals surface area contributed by atoms with Gasteiger partial charge in [0.25, 0.3) is 0 Å². The summed E-state index contributed by atoms with van der Waals surface area (Å²) in [4.78, 5) is 0. The fraction of sp³-hybridized carbons (Fsp3) is 0.0526. The maximum atomic E-state index is 5.79. The Labute approximate surface area is 138 Å². The van der Waals surface area contributed by atoms with E-state index in [1.807, 2.05) is 78.9 Å². The van der Waals surface area contributed by atoms with Crippen molar-refractivity contribution in [3.05, 3.63) is 88.9 Å². The normalized spacial score (nSPS) is 10.2. The Hall–Kier alpha value is -2.26. The Morgan fingerprint density at radius 1 is 0.682 bits per heavy atom. The van der Waals surface area contributed by atoms with Gasteiger partial charge in [-0.2, -0.15) is 0 Å². The molecule has 0 bridgehead atoms. The van der Waals surface area contributed by atoms with Gasteiger partial charge in [0.2, 0.25) is 0 Å². The lowest BCUT2D eigenvalue weighted by molar-refractivity contribution is 0.306. The molecule has 0 fully saturated rings. The van der Waals surface area contributed by atoms with E-state index in [2.05, 4.69) is 15.9 Å². The largest absolute Gasteiger partial charge is 0.489 e. The predicted octanol–water partition coefficient (Wildman–Crippen LogP) is 5.82. The molecule has 0 aliphatic rings. The SMILES string of the molecule is Brc1cccc(Oc2ccc(OCc3ccccc3)cc2)c1. The monoisotopic (exact) mass is 354 g/mol. The van der Waals surface area contributed by atoms with Gasteiger partial charge in [-0.1, -0.05) is 52.3 Å². The van der Waals surface area contributed by atoms with E-state index >= 15 is 0 Å². The minimum Gasteiger partial charge on any atom is -0.489 e. The predicted molar refractivity (Wildman–Crippen MR) is 91.4 cm³/mol. The third kappa shape index (κ3) is 4.12. The molecule has 0 atom stereocenters. The second-order valence-electron chi connectivity index (χ2n) is 4.81. The molecule has 0 amide bonds. The number of hydrogen-bond donors (Lipinski definition) is 0. The number of hydrogen-bond acceptors (Lipinski definition) is 2. The summed E-state index contributed by atoms with van der Waals surface area (Å²) in [5, 5.41) is 0. The summed E-state index contributed by atoms with van der Waals surface area (Å²) < 4.78 is 12.5. The standard InChI is InChI=1S/C19H15BrO2/c20-16-7-4-8-19(13-16)22-18-11-9-17(10-12-18)21-14-15-5-2-1-3-6-15/h1-13H,14H2. The molecule has 0 aliphatic carbocycles. The minimum atomic E-state index is 0.562. The molecule has 22 heavy (non-hydrogen) atoms. The van der Waals surface area contributed by atoms with Gasteiger partial charge in [0.05, 0.1) is 0 Å². The zero-order valence-electron chi connectivity index (χ0n) is 11.9. The fourth-order valence-electron chi connectivity index (χ4n) is 2.01. The van der Waals surface area contributed by atoms with Crippen molar-refractivity contribution in [3.63, 3.8) is 0 Å². The first-order valence-corrected chi connectivity index (χ1v) is 7.79. The van der Waals surface area contributed by atoms with Crippen LogP contribution in [0.15, 0.2) is 83.3 Å². The van der Waals surface area contributed by atoms with Crippen LogP contribution in [-0.4, -0.2) is 0 Å². The topological polar surface area (TPSA) is 18.5 Å². The van der Waals surface area contributed by atoms with Crippen molar-refractivity contribution in [1.82, 2.24) is 0 Å². The van der Waals surface area contributed by atoms with E-state index in [1.54, 1.807) is 0 Å². The molecule has 0 aromatic heterocycles. The summed E-state index contributed by atoms with van der Waals surface area (Å²) in [6.07, 6.45) is 0. The van der Waals surface area contributed by atoms with Gasteiger partial charge in [-0.25, -0.2) is 0 Å². The van der Waals surface area contributed by atoms with E-state index in [0.717, 1.165) is 27.3 Å². The van der Waals surface area contributed by atoms with Gasteiger partial charge < -0.3 is 9.47 Å². The zero-order valence-corrected chi connectivity index (χ0v) is 13.5. The summed E-state index contributed by atoms with van der Waals surface area (Å²) >= 11 is 3.43. The molecule has 0 unspecified atom stereocenters. The fourth-order valence-corrected chi connectivity index (χ4v) is 2.39. The van der Waals surface area contributed by atoms with Crippen molar-refractivity contribution in [1.29, 1.82) is 0 Å². The van der Waals surface area contributed by atoms with Crippen LogP contribution < -0.4 is 9.47 Å². The Balaban J connectivity index is 1.60. The van der Waals surface area contributed by atoms with Crippen molar-refractivity contribution in [2.75, 3.05) is 0 Å². The van der Waals surface area contributed by atoms with Crippen LogP contribution in [0.1, 0.15) is 5.56 Å². The molecule has 110 valence electrons. The maximum absolute atomic E-state index is 5.79. The molecule has 0 radical (unpaired) electrons. The second kappa shape index (κ2) is 7.14. The van der Waals surface area contributed by atoms with Gasteiger partial charge >= 0.3 is 0 Å². The molecule has 0 N–H and O–H groups in total. The summed E-state index contributed by atoms with van der Waals surface area (Å²) in [5.74, 6) is 2.41. The van der Waals surface area contributed by atoms with E-state index < -0.39 is 0 Å². The van der Waals surface area contributed by atoms with Gasteiger partial charge in [-0.3, -0.25) is 0 Å². The first-order chi connectivity index (χ1) is 10.8. The van der Waals surface area contributed by atoms with E-state index in [-0.39, 0.29) is 0 Å². The molecule has 0 saturated heterocycles. The highest BCUT2D eigenvalue weighted by molar-refractivity contribution is 9.10. The lowest BCUT2D eigenvalue weighted by Crippen LogP contribution is -1.94. The van der Waals surface area contributed by atoms with E-state index in [1.165, 1.54) is 0 Å². The second-order valence-corrected chi connectivity index (χ2v) is 5.72. The third-order valence-corrected chi connectivity index (χ3v) is 3.60. The third-order valence-electron chi connectivity index (χ3n) is 3.10. The van der Waals surface area contributed by atoms with Crippen molar-refractivity contribution >= 4 is 15.9 Å². The minimum absolute atomic E-state index is 0.562. The number of ether oxygens (including phenoxy) is 2. The van der Waals surface area contributed by atoms with E-state index in [0.29, 0.717) is 6.61 Å². The highest BCUT2D eigenvalue weighted by atomic mass is 79.9. The van der Waals surface area contributed by atoms with Gasteiger partial charge in [-0.15, -0.1) is 0 Å². The Kier molecular flexibility index (Phi) is 4.76. The van der Waals surface area contributed by atoms with Gasteiger partial charge in [0.15, 0.2) is 0 Å². The van der Waals surface area contributed by atoms with Gasteiger partial charge in [0, 0.05) is 4.47 Å². The molecule has 3 rings (SSSR count). The maximum Gasteiger partial charge on any atom is 0.128 e. The van der Waals surface area contributed by atoms with Crippen LogP contribution in [0.3, 0.4) is 0 Å². The molecule has 3 aromatic carbocycles. The molecule has 0 aliphatic heterocycles. The van der Waals surface area contributed by atoms with Crippen LogP contribution in [0, 0.1) is 0 Å². The van der Waals surface area contributed by atoms with Crippen molar-refractivity contribution in [2.45, 2.75) is 6.61 Å². The Morgan fingerprint density at radius 2 is 1.41 bits per heavy atom. The lowest BCUT2D eigenvalue weighted by atomic mass is 10.2. The average Bonchev–Trinajstić information content (AvgIpc) is 2.55. The number of rotatable bonds is 5. The first-order valence-electron chi connectivity index (χ1n) is 7.00. The smallest absolute Gasteiger partial charge is 0.128 e. The molecule has 3 heteroatoms. The Morgan fingerprint density at radius 3 is 2.14 bits per heavy atom. The highest BCUT2D eigenvalue weighted by Gasteiger charge is 2.00. The van der Waals surface area contributed by atoms with Gasteiger partial charge in [-0.05, 0) is 48.0 Å². The summed E-state index contributed by atoms with van der Waals surface area (Å²) in [5.41, 5.74) is 1.15. The summed E-state index contributed by atoms with van der Waals surface area (Å²) in [7, 11) is 0. The molecular formula is C19H15BrO2. The van der Waals surface area contributed by atoms with E-state index in [4.69, 9.17) is 9.47 Å². The molecule has 0 heterocycles. The zero-order chi connectivity index (χ0) is 15.2. The van der Waals surface area contributed by atoms with Crippen molar-refractivity contribution in [2.24, 2.45) is 0 Å². The molecule has 0 spiro atoms. The van der Waals surface area contributed by atoms with Crippen LogP contribution in [0.2, 0.25) is 0 Å². The van der Waals surface area contributed by atoms with Crippen LogP contribution in [0.4, 0.5) is 0 Å². The molecule has 2 nitrogen and oxygen atoms in total. The van der Waals surface area contributed by atoms with Crippen molar-refractivity contribution < 1.29 is 9.47 Å². The van der Waals surface area contributed by atoms with Crippen LogP contribution in [0.5, 0.6) is 17.2 Å². The van der Waals surface area contributed by atoms with Crippen LogP contribution in [0.25, 0.3) is 0 Å². The number of benzene rings is 3. The summed E-state index contributed by atoms with van der Waals surface area (Å²) in [6, 6.07) is 25.5. The van der Waals surface area contributed by atoms with Crippen LogP contribution in [-0.2, 0) is 6.61 Å². The van der Waals surface area contributed by atoms with Gasteiger partial charge in [0.1, 0.15) is 23.9 Å². The lowest BCUT2D eigenvalue weighted by Gasteiger charge is -2.09. The first kappa shape index (κ1) is 14.7. The van der Waals surface area contributed by atoms with Crippen LogP contribution >= 0.6 is 15.9 Å². The molecule has 0 saturated carbocycles. The number of halogens is 1. The molecular weight excluding hydrogens is 340 g/mol. The summed E-state index contributed by atoms with van der Waals surface area (Å²) in [6.45, 7) is 0.562. The highest BCUT2D eigenvalue weighted by Crippen LogP contribution is 2.26. The molecule has 3 aromatic rings. The quantitative estimate of drug-likeness (QED) is 0.574.